The molecule has 0 atom stereocenters. The van der Waals surface area contributed by atoms with E-state index in [9.17, 15) is 9.90 Å². The van der Waals surface area contributed by atoms with Crippen molar-refractivity contribution >= 4 is 40.0 Å². The lowest BCUT2D eigenvalue weighted by Crippen LogP contribution is -2.35. The van der Waals surface area contributed by atoms with Crippen LogP contribution in [0.5, 0.6) is 0 Å². The van der Waals surface area contributed by atoms with Crippen molar-refractivity contribution in [1.82, 2.24) is 4.98 Å². The second-order valence-electron chi connectivity index (χ2n) is 6.60. The van der Waals surface area contributed by atoms with Crippen LogP contribution in [-0.2, 0) is 0 Å². The summed E-state index contributed by atoms with van der Waals surface area (Å²) in [5.74, 6) is 0.195. The van der Waals surface area contributed by atoms with Crippen LogP contribution < -0.4 is 10.2 Å². The Morgan fingerprint density at radius 3 is 2.74 bits per heavy atom. The average Bonchev–Trinajstić information content (AvgIpc) is 3.40. The lowest BCUT2D eigenvalue weighted by atomic mass is 9.97. The third-order valence-corrected chi connectivity index (χ3v) is 6.72. The summed E-state index contributed by atoms with van der Waals surface area (Å²) in [6.45, 7) is 2.03. The van der Waals surface area contributed by atoms with Crippen LogP contribution >= 0.6 is 22.7 Å². The lowest BCUT2D eigenvalue weighted by molar-refractivity contribution is 0.102. The molecule has 0 radical (unpaired) electrons. The van der Waals surface area contributed by atoms with Gasteiger partial charge in [0.2, 0.25) is 0 Å². The summed E-state index contributed by atoms with van der Waals surface area (Å²) in [6, 6.07) is 11.9. The highest BCUT2D eigenvalue weighted by Crippen LogP contribution is 2.31. The summed E-state index contributed by atoms with van der Waals surface area (Å²) in [5.41, 5.74) is 2.27. The summed E-state index contributed by atoms with van der Waals surface area (Å²) in [4.78, 5) is 20.6. The molecule has 5 nitrogen and oxygen atoms in total. The van der Waals surface area contributed by atoms with Crippen molar-refractivity contribution in [3.05, 3.63) is 52.9 Å². The fraction of sp³-hybridized carbons (Fsp3) is 0.300. The summed E-state index contributed by atoms with van der Waals surface area (Å²) >= 11 is 3.11. The number of aliphatic hydroxyl groups is 1. The number of piperidine rings is 1. The molecule has 0 aliphatic carbocycles. The van der Waals surface area contributed by atoms with Gasteiger partial charge in [0, 0.05) is 25.1 Å². The minimum Gasteiger partial charge on any atom is -0.396 e. The van der Waals surface area contributed by atoms with Crippen LogP contribution in [0, 0.1) is 5.92 Å². The van der Waals surface area contributed by atoms with E-state index in [0.717, 1.165) is 47.2 Å². The van der Waals surface area contributed by atoms with E-state index in [-0.39, 0.29) is 12.5 Å². The van der Waals surface area contributed by atoms with Crippen molar-refractivity contribution in [2.24, 2.45) is 5.92 Å². The molecule has 0 unspecified atom stereocenters. The van der Waals surface area contributed by atoms with Gasteiger partial charge < -0.3 is 15.3 Å². The molecule has 1 fully saturated rings. The van der Waals surface area contributed by atoms with Gasteiger partial charge in [0.15, 0.2) is 0 Å². The van der Waals surface area contributed by atoms with Gasteiger partial charge in [0.25, 0.3) is 5.91 Å². The van der Waals surface area contributed by atoms with E-state index in [1.54, 1.807) is 16.7 Å². The van der Waals surface area contributed by atoms with Crippen LogP contribution in [0.4, 0.5) is 11.4 Å². The average molecular weight is 400 g/mol. The van der Waals surface area contributed by atoms with Crippen LogP contribution in [0.2, 0.25) is 0 Å². The van der Waals surface area contributed by atoms with Crippen molar-refractivity contribution < 1.29 is 9.90 Å². The molecule has 140 valence electrons. The minimum atomic E-state index is -0.188. The standard InChI is InChI=1S/C20H21N3O2S2/c24-12-14-7-9-23(10-8-14)17-5-2-1-4-15(17)21-19(25)16-13-27-20(22-16)18-6-3-11-26-18/h1-6,11,13-14,24H,7-10,12H2,(H,21,25). The van der Waals surface area contributed by atoms with Gasteiger partial charge in [-0.2, -0.15) is 0 Å². The molecular formula is C20H21N3O2S2. The van der Waals surface area contributed by atoms with Gasteiger partial charge >= 0.3 is 0 Å². The predicted molar refractivity (Wildman–Crippen MR) is 112 cm³/mol. The number of benzene rings is 1. The topological polar surface area (TPSA) is 65.5 Å². The van der Waals surface area contributed by atoms with Crippen LogP contribution in [0.15, 0.2) is 47.2 Å². The van der Waals surface area contributed by atoms with Gasteiger partial charge in [-0.1, -0.05) is 18.2 Å². The summed E-state index contributed by atoms with van der Waals surface area (Å²) in [5, 5.41) is 17.0. The molecule has 2 aromatic heterocycles. The number of carbonyl (C=O) groups is 1. The Kier molecular flexibility index (Phi) is 5.52. The van der Waals surface area contributed by atoms with Crippen molar-refractivity contribution in [2.75, 3.05) is 29.9 Å². The van der Waals surface area contributed by atoms with E-state index in [1.807, 2.05) is 41.8 Å². The van der Waals surface area contributed by atoms with E-state index < -0.39 is 0 Å². The number of aliphatic hydroxyl groups excluding tert-OH is 1. The number of hydrogen-bond acceptors (Lipinski definition) is 6. The first-order chi connectivity index (χ1) is 13.2. The molecule has 0 saturated carbocycles. The molecule has 1 amide bonds. The number of anilines is 2. The maximum Gasteiger partial charge on any atom is 0.275 e. The Balaban J connectivity index is 1.49. The highest BCUT2D eigenvalue weighted by Gasteiger charge is 2.21. The Morgan fingerprint density at radius 2 is 2.00 bits per heavy atom. The number of aromatic nitrogens is 1. The molecule has 27 heavy (non-hydrogen) atoms. The van der Waals surface area contributed by atoms with E-state index in [2.05, 4.69) is 15.2 Å². The van der Waals surface area contributed by atoms with Gasteiger partial charge in [0.05, 0.1) is 16.3 Å². The molecule has 3 aromatic rings. The van der Waals surface area contributed by atoms with Crippen molar-refractivity contribution in [2.45, 2.75) is 12.8 Å². The van der Waals surface area contributed by atoms with Crippen molar-refractivity contribution in [3.8, 4) is 9.88 Å². The second-order valence-corrected chi connectivity index (χ2v) is 8.41. The largest absolute Gasteiger partial charge is 0.396 e. The Bertz CT molecular complexity index is 900. The maximum atomic E-state index is 12.7. The molecule has 1 saturated heterocycles. The highest BCUT2D eigenvalue weighted by molar-refractivity contribution is 7.20. The number of rotatable bonds is 5. The summed E-state index contributed by atoms with van der Waals surface area (Å²) < 4.78 is 0. The molecule has 3 heterocycles. The number of carbonyl (C=O) groups excluding carboxylic acids is 1. The second kappa shape index (κ2) is 8.21. The van der Waals surface area contributed by atoms with Gasteiger partial charge in [0.1, 0.15) is 10.7 Å². The normalized spacial score (nSPS) is 15.1. The third kappa shape index (κ3) is 4.05. The predicted octanol–water partition coefficient (Wildman–Crippen LogP) is 4.33. The number of thiazole rings is 1. The number of para-hydroxylation sites is 2. The summed E-state index contributed by atoms with van der Waals surface area (Å²) in [7, 11) is 0. The SMILES string of the molecule is O=C(Nc1ccccc1N1CCC(CO)CC1)c1csc(-c2cccs2)n1. The first-order valence-electron chi connectivity index (χ1n) is 9.00. The first kappa shape index (κ1) is 18.2. The zero-order chi connectivity index (χ0) is 18.6. The number of thiophene rings is 1. The Hall–Kier alpha value is -2.22. The van der Waals surface area contributed by atoms with Gasteiger partial charge in [-0.3, -0.25) is 4.79 Å². The zero-order valence-electron chi connectivity index (χ0n) is 14.8. The quantitative estimate of drug-likeness (QED) is 0.670. The molecule has 1 aromatic carbocycles. The number of amides is 1. The van der Waals surface area contributed by atoms with Gasteiger partial charge in [-0.25, -0.2) is 4.98 Å². The van der Waals surface area contributed by atoms with E-state index in [1.165, 1.54) is 11.3 Å². The molecule has 1 aliphatic heterocycles. The van der Waals surface area contributed by atoms with Crippen LogP contribution in [-0.4, -0.2) is 35.7 Å². The maximum absolute atomic E-state index is 12.7. The lowest BCUT2D eigenvalue weighted by Gasteiger charge is -2.34. The van der Waals surface area contributed by atoms with Crippen molar-refractivity contribution in [3.63, 3.8) is 0 Å². The molecule has 2 N–H and O–H groups in total. The molecule has 1 aliphatic rings. The van der Waals surface area contributed by atoms with Crippen LogP contribution in [0.3, 0.4) is 0 Å². The number of hydrogen-bond donors (Lipinski definition) is 2. The number of nitrogens with one attached hydrogen (secondary N) is 1. The molecular weight excluding hydrogens is 378 g/mol. The molecule has 0 spiro atoms. The van der Waals surface area contributed by atoms with E-state index in [4.69, 9.17) is 0 Å². The Labute approximate surface area is 166 Å². The van der Waals surface area contributed by atoms with E-state index >= 15 is 0 Å². The molecule has 0 bridgehead atoms. The fourth-order valence-electron chi connectivity index (χ4n) is 3.29. The smallest absolute Gasteiger partial charge is 0.275 e. The Morgan fingerprint density at radius 1 is 1.19 bits per heavy atom. The first-order valence-corrected chi connectivity index (χ1v) is 10.8. The summed E-state index contributed by atoms with van der Waals surface area (Å²) in [6.07, 6.45) is 1.93. The van der Waals surface area contributed by atoms with Gasteiger partial charge in [-0.05, 0) is 42.3 Å². The van der Waals surface area contributed by atoms with Gasteiger partial charge in [-0.15, -0.1) is 22.7 Å². The van der Waals surface area contributed by atoms with E-state index in [0.29, 0.717) is 11.6 Å². The monoisotopic (exact) mass is 399 g/mol. The van der Waals surface area contributed by atoms with Crippen LogP contribution in [0.1, 0.15) is 23.3 Å². The third-order valence-electron chi connectivity index (χ3n) is 4.83. The number of nitrogens with zero attached hydrogens (tertiary/aromatic N) is 2. The highest BCUT2D eigenvalue weighted by atomic mass is 32.1. The fourth-order valence-corrected chi connectivity index (χ4v) is 4.90. The molecule has 7 heteroatoms. The van der Waals surface area contributed by atoms with Crippen molar-refractivity contribution in [1.29, 1.82) is 0 Å². The minimum absolute atomic E-state index is 0.188. The zero-order valence-corrected chi connectivity index (χ0v) is 16.4. The molecule has 4 rings (SSSR count). The van der Waals surface area contributed by atoms with Crippen LogP contribution in [0.25, 0.3) is 9.88 Å².